The average Bonchev–Trinajstić information content (AvgIpc) is 2.71. The average molecular weight is 388 g/mol. The summed E-state index contributed by atoms with van der Waals surface area (Å²) in [6.07, 6.45) is 8.05. The van der Waals surface area contributed by atoms with E-state index in [9.17, 15) is 0 Å². The van der Waals surface area contributed by atoms with Crippen LogP contribution in [0, 0.1) is 5.92 Å². The van der Waals surface area contributed by atoms with Crippen molar-refractivity contribution in [1.29, 1.82) is 0 Å². The topological polar surface area (TPSA) is 0 Å². The van der Waals surface area contributed by atoms with Crippen LogP contribution in [0.3, 0.4) is 0 Å². The Morgan fingerprint density at radius 2 is 1.30 bits per heavy atom. The summed E-state index contributed by atoms with van der Waals surface area (Å²) in [5.74, 6) is 0.638. The summed E-state index contributed by atoms with van der Waals surface area (Å²) in [6, 6.07) is 30.7. The third-order valence-corrected chi connectivity index (χ3v) is 7.74. The van der Waals surface area contributed by atoms with Gasteiger partial charge in [0, 0.05) is 9.80 Å². The highest BCUT2D eigenvalue weighted by molar-refractivity contribution is 8.03. The van der Waals surface area contributed by atoms with Gasteiger partial charge >= 0.3 is 0 Å². The zero-order valence-electron chi connectivity index (χ0n) is 15.4. The molecule has 3 aromatic carbocycles. The molecule has 0 amide bonds. The highest BCUT2D eigenvalue weighted by Gasteiger charge is 2.28. The Morgan fingerprint density at radius 3 is 1.85 bits per heavy atom. The summed E-state index contributed by atoms with van der Waals surface area (Å²) in [7, 11) is -0.0732. The summed E-state index contributed by atoms with van der Waals surface area (Å²) in [4.78, 5) is 6.73. The molecule has 1 aliphatic rings. The van der Waals surface area contributed by atoms with Gasteiger partial charge < -0.3 is 0 Å². The molecule has 0 heterocycles. The van der Waals surface area contributed by atoms with Crippen molar-refractivity contribution in [2.45, 2.75) is 32.9 Å². The van der Waals surface area contributed by atoms with E-state index < -0.39 is 0 Å². The molecule has 0 radical (unpaired) electrons. The highest BCUT2D eigenvalue weighted by atomic mass is 32.2. The first-order valence-corrected chi connectivity index (χ1v) is 11.3. The molecule has 1 unspecified atom stereocenters. The van der Waals surface area contributed by atoms with Gasteiger partial charge in [-0.15, -0.1) is 0 Å². The van der Waals surface area contributed by atoms with Crippen molar-refractivity contribution < 1.29 is 0 Å². The molecule has 0 bridgehead atoms. The van der Waals surface area contributed by atoms with Gasteiger partial charge in [-0.1, -0.05) is 73.3 Å². The molecule has 0 saturated heterocycles. The van der Waals surface area contributed by atoms with Crippen molar-refractivity contribution in [2.75, 3.05) is 0 Å². The molecule has 3 aromatic rings. The maximum atomic E-state index is 2.37. The lowest BCUT2D eigenvalue weighted by Gasteiger charge is -2.12. The molecular weight excluding hydrogens is 364 g/mol. The quantitative estimate of drug-likeness (QED) is 0.412. The highest BCUT2D eigenvalue weighted by Crippen LogP contribution is 2.35. The van der Waals surface area contributed by atoms with E-state index in [-0.39, 0.29) is 10.9 Å². The molecular formula is C25H23S2+. The van der Waals surface area contributed by atoms with Crippen LogP contribution in [-0.4, -0.2) is 0 Å². The van der Waals surface area contributed by atoms with E-state index in [0.29, 0.717) is 5.92 Å². The normalized spacial score (nSPS) is 16.4. The van der Waals surface area contributed by atoms with Crippen molar-refractivity contribution in [3.63, 3.8) is 0 Å². The maximum absolute atomic E-state index is 2.37. The van der Waals surface area contributed by atoms with Crippen LogP contribution in [0.4, 0.5) is 0 Å². The van der Waals surface area contributed by atoms with E-state index in [2.05, 4.69) is 110 Å². The number of allylic oxidation sites excluding steroid dienone is 3. The van der Waals surface area contributed by atoms with Crippen molar-refractivity contribution >= 4 is 22.7 Å². The van der Waals surface area contributed by atoms with Crippen molar-refractivity contribution in [1.82, 2.24) is 0 Å². The van der Waals surface area contributed by atoms with Crippen LogP contribution in [0.5, 0.6) is 0 Å². The molecule has 1 atom stereocenters. The smallest absolute Gasteiger partial charge is 0.0904 e. The first-order valence-electron chi connectivity index (χ1n) is 9.30. The summed E-state index contributed by atoms with van der Waals surface area (Å²) in [5.41, 5.74) is 0. The van der Waals surface area contributed by atoms with Crippen molar-refractivity contribution in [3.05, 3.63) is 108 Å². The van der Waals surface area contributed by atoms with E-state index in [1.165, 1.54) is 24.5 Å². The lowest BCUT2D eigenvalue weighted by atomic mass is 10.0. The van der Waals surface area contributed by atoms with Crippen molar-refractivity contribution in [3.8, 4) is 0 Å². The number of thioether (sulfide) groups is 1. The lowest BCUT2D eigenvalue weighted by molar-refractivity contribution is 0.735. The fraction of sp³-hybridized carbons (Fsp3) is 0.120. The Kier molecular flexibility index (Phi) is 5.86. The minimum Gasteiger partial charge on any atom is -0.0904 e. The molecule has 1 aliphatic carbocycles. The number of hydrogen-bond donors (Lipinski definition) is 0. The molecule has 134 valence electrons. The van der Waals surface area contributed by atoms with Gasteiger partial charge in [0.25, 0.3) is 0 Å². The van der Waals surface area contributed by atoms with Crippen LogP contribution < -0.4 is 0 Å². The van der Waals surface area contributed by atoms with Gasteiger partial charge in [-0.25, -0.2) is 0 Å². The fourth-order valence-corrected chi connectivity index (χ4v) is 6.26. The molecule has 0 spiro atoms. The fourth-order valence-electron chi connectivity index (χ4n) is 3.17. The van der Waals surface area contributed by atoms with Crippen LogP contribution in [0.15, 0.2) is 128 Å². The largest absolute Gasteiger partial charge is 0.166 e. The van der Waals surface area contributed by atoms with Gasteiger partial charge in [0.15, 0.2) is 14.7 Å². The van der Waals surface area contributed by atoms with Gasteiger partial charge in [-0.3, -0.25) is 0 Å². The van der Waals surface area contributed by atoms with Crippen LogP contribution in [0.2, 0.25) is 0 Å². The molecule has 0 saturated carbocycles. The predicted octanol–water partition coefficient (Wildman–Crippen LogP) is 7.35. The van der Waals surface area contributed by atoms with Crippen molar-refractivity contribution in [2.24, 2.45) is 5.92 Å². The lowest BCUT2D eigenvalue weighted by Crippen LogP contribution is -2.04. The van der Waals surface area contributed by atoms with Crippen LogP contribution >= 0.6 is 11.8 Å². The molecule has 0 nitrogen and oxygen atoms in total. The van der Waals surface area contributed by atoms with Crippen LogP contribution in [-0.2, 0) is 10.9 Å². The Hall–Kier alpha value is -2.16. The van der Waals surface area contributed by atoms with E-state index in [4.69, 9.17) is 0 Å². The zero-order chi connectivity index (χ0) is 18.5. The second-order valence-electron chi connectivity index (χ2n) is 6.69. The first-order chi connectivity index (χ1) is 13.3. The van der Waals surface area contributed by atoms with Gasteiger partial charge in [-0.05, 0) is 60.9 Å². The zero-order valence-corrected chi connectivity index (χ0v) is 17.0. The van der Waals surface area contributed by atoms with Gasteiger partial charge in [0.05, 0.1) is 10.9 Å². The molecule has 4 rings (SSSR count). The first kappa shape index (κ1) is 18.2. The minimum atomic E-state index is -0.0732. The SMILES string of the molecule is CC1C=C(Sc2ccc([S+](c3ccccc3)c3ccccc3)cc2)C=CC1. The predicted molar refractivity (Wildman–Crippen MR) is 118 cm³/mol. The summed E-state index contributed by atoms with van der Waals surface area (Å²) < 4.78 is 0. The van der Waals surface area contributed by atoms with Gasteiger partial charge in [-0.2, -0.15) is 0 Å². The van der Waals surface area contributed by atoms with Gasteiger partial charge in [0.1, 0.15) is 0 Å². The third kappa shape index (κ3) is 4.58. The maximum Gasteiger partial charge on any atom is 0.166 e. The molecule has 0 aromatic heterocycles. The Morgan fingerprint density at radius 1 is 0.741 bits per heavy atom. The number of rotatable bonds is 5. The monoisotopic (exact) mass is 387 g/mol. The Bertz CT molecular complexity index is 886. The van der Waals surface area contributed by atoms with Crippen LogP contribution in [0.25, 0.3) is 0 Å². The standard InChI is InChI=1S/C25H23S2/c1-20-9-8-10-22(19-20)26-21-15-17-25(18-16-21)27(23-11-4-2-5-12-23)24-13-6-3-7-14-24/h2-8,10-20H,9H2,1H3/q+1. The Labute approximate surface area is 169 Å². The Balaban J connectivity index is 1.62. The minimum absolute atomic E-state index is 0.0732. The molecule has 27 heavy (non-hydrogen) atoms. The second-order valence-corrected chi connectivity index (χ2v) is 9.86. The number of benzene rings is 3. The summed E-state index contributed by atoms with van der Waals surface area (Å²) in [5, 5.41) is 0. The van der Waals surface area contributed by atoms with Crippen LogP contribution in [0.1, 0.15) is 13.3 Å². The summed E-state index contributed by atoms with van der Waals surface area (Å²) >= 11 is 1.86. The van der Waals surface area contributed by atoms with Gasteiger partial charge in [0.2, 0.25) is 0 Å². The van der Waals surface area contributed by atoms with E-state index in [1.54, 1.807) is 0 Å². The number of hydrogen-bond acceptors (Lipinski definition) is 1. The molecule has 0 fully saturated rings. The van der Waals surface area contributed by atoms with E-state index >= 15 is 0 Å². The van der Waals surface area contributed by atoms with E-state index in [1.807, 2.05) is 11.8 Å². The van der Waals surface area contributed by atoms with E-state index in [0.717, 1.165) is 6.42 Å². The third-order valence-electron chi connectivity index (χ3n) is 4.49. The second kappa shape index (κ2) is 8.69. The molecule has 2 heteroatoms. The summed E-state index contributed by atoms with van der Waals surface area (Å²) in [6.45, 7) is 2.28. The molecule has 0 N–H and O–H groups in total. The molecule has 0 aliphatic heterocycles.